The number of H-pyrrole nitrogens is 1. The zero-order valence-corrected chi connectivity index (χ0v) is 13.8. The minimum atomic E-state index is 0.0229. The first-order valence-electron chi connectivity index (χ1n) is 8.17. The van der Waals surface area contributed by atoms with Gasteiger partial charge in [-0.15, -0.1) is 0 Å². The maximum atomic E-state index is 12.8. The number of nitrogens with zero attached hydrogens (tertiary/aromatic N) is 5. The predicted molar refractivity (Wildman–Crippen MR) is 84.0 cm³/mol. The number of rotatable bonds is 2. The van der Waals surface area contributed by atoms with Crippen molar-refractivity contribution in [2.75, 3.05) is 13.1 Å². The molecule has 1 spiro atoms. The highest BCUT2D eigenvalue weighted by molar-refractivity contribution is 5.92. The van der Waals surface area contributed by atoms with E-state index in [0.29, 0.717) is 12.2 Å². The molecule has 2 aromatic rings. The second kappa shape index (κ2) is 4.91. The molecule has 1 aliphatic heterocycles. The Morgan fingerprint density at radius 2 is 2.17 bits per heavy atom. The van der Waals surface area contributed by atoms with E-state index in [0.717, 1.165) is 36.7 Å². The molecule has 2 fully saturated rings. The number of likely N-dealkylation sites (tertiary alicyclic amines) is 1. The molecule has 7 nitrogen and oxygen atoms in total. The molecule has 0 aromatic carbocycles. The van der Waals surface area contributed by atoms with E-state index in [1.807, 2.05) is 31.9 Å². The summed E-state index contributed by atoms with van der Waals surface area (Å²) >= 11 is 0. The van der Waals surface area contributed by atoms with Gasteiger partial charge in [0.05, 0.1) is 0 Å². The molecule has 1 amide bonds. The Hall–Kier alpha value is -2.18. The van der Waals surface area contributed by atoms with E-state index < -0.39 is 0 Å². The Kier molecular flexibility index (Phi) is 3.08. The molecule has 1 atom stereocenters. The Labute approximate surface area is 135 Å². The van der Waals surface area contributed by atoms with Crippen LogP contribution < -0.4 is 0 Å². The van der Waals surface area contributed by atoms with Crippen molar-refractivity contribution in [3.63, 3.8) is 0 Å². The summed E-state index contributed by atoms with van der Waals surface area (Å²) in [4.78, 5) is 19.3. The lowest BCUT2D eigenvalue weighted by molar-refractivity contribution is 0.0718. The maximum Gasteiger partial charge on any atom is 0.274 e. The van der Waals surface area contributed by atoms with Gasteiger partial charge in [-0.1, -0.05) is 6.42 Å². The van der Waals surface area contributed by atoms with E-state index in [2.05, 4.69) is 20.3 Å². The van der Waals surface area contributed by atoms with Gasteiger partial charge >= 0.3 is 0 Å². The first kappa shape index (κ1) is 14.4. The number of aromatic amines is 1. The summed E-state index contributed by atoms with van der Waals surface area (Å²) < 4.78 is 1.75. The first-order chi connectivity index (χ1) is 11.0. The highest BCUT2D eigenvalue weighted by atomic mass is 16.2. The molecule has 1 unspecified atom stereocenters. The molecule has 1 saturated heterocycles. The van der Waals surface area contributed by atoms with Gasteiger partial charge in [0.25, 0.3) is 5.91 Å². The van der Waals surface area contributed by atoms with Gasteiger partial charge in [-0.25, -0.2) is 4.98 Å². The van der Waals surface area contributed by atoms with Crippen LogP contribution in [0.5, 0.6) is 0 Å². The third kappa shape index (κ3) is 2.17. The molecule has 0 radical (unpaired) electrons. The largest absolute Gasteiger partial charge is 0.336 e. The lowest BCUT2D eigenvalue weighted by Crippen LogP contribution is -2.38. The topological polar surface area (TPSA) is 79.7 Å². The highest BCUT2D eigenvalue weighted by Crippen LogP contribution is 2.55. The first-order valence-corrected chi connectivity index (χ1v) is 8.17. The number of carbonyl (C=O) groups excluding carboxylic acids is 1. The molecule has 23 heavy (non-hydrogen) atoms. The summed E-state index contributed by atoms with van der Waals surface area (Å²) in [7, 11) is 1.86. The van der Waals surface area contributed by atoms with Crippen LogP contribution in [0.1, 0.15) is 53.0 Å². The van der Waals surface area contributed by atoms with E-state index in [1.165, 1.54) is 6.42 Å². The van der Waals surface area contributed by atoms with Gasteiger partial charge in [0.15, 0.2) is 11.5 Å². The van der Waals surface area contributed by atoms with Crippen LogP contribution in [0.15, 0.2) is 6.07 Å². The number of amides is 1. The van der Waals surface area contributed by atoms with Crippen LogP contribution in [0.2, 0.25) is 0 Å². The van der Waals surface area contributed by atoms with Crippen LogP contribution >= 0.6 is 0 Å². The summed E-state index contributed by atoms with van der Waals surface area (Å²) in [6.07, 6.45) is 3.52. The summed E-state index contributed by atoms with van der Waals surface area (Å²) in [5.74, 6) is 1.94. The zero-order valence-electron chi connectivity index (χ0n) is 13.8. The van der Waals surface area contributed by atoms with Crippen molar-refractivity contribution in [3.8, 4) is 0 Å². The number of aromatic nitrogens is 5. The number of nitrogens with one attached hydrogen (secondary N) is 1. The summed E-state index contributed by atoms with van der Waals surface area (Å²) in [5.41, 5.74) is 1.69. The van der Waals surface area contributed by atoms with Crippen molar-refractivity contribution in [2.45, 2.75) is 39.0 Å². The van der Waals surface area contributed by atoms with E-state index >= 15 is 0 Å². The monoisotopic (exact) mass is 314 g/mol. The number of carbonyl (C=O) groups is 1. The summed E-state index contributed by atoms with van der Waals surface area (Å²) in [5, 5.41) is 11.6. The van der Waals surface area contributed by atoms with Crippen LogP contribution in [0, 0.1) is 19.3 Å². The van der Waals surface area contributed by atoms with Gasteiger partial charge in [-0.05, 0) is 38.2 Å². The molecule has 1 aliphatic carbocycles. The molecule has 1 saturated carbocycles. The molecule has 2 aliphatic rings. The second-order valence-electron chi connectivity index (χ2n) is 7.03. The minimum Gasteiger partial charge on any atom is -0.336 e. The van der Waals surface area contributed by atoms with Crippen LogP contribution in [-0.4, -0.2) is 48.9 Å². The van der Waals surface area contributed by atoms with Gasteiger partial charge in [0.2, 0.25) is 0 Å². The third-order valence-corrected chi connectivity index (χ3v) is 5.54. The van der Waals surface area contributed by atoms with E-state index in [-0.39, 0.29) is 17.2 Å². The predicted octanol–water partition coefficient (Wildman–Crippen LogP) is 1.56. The molecular weight excluding hydrogens is 292 g/mol. The van der Waals surface area contributed by atoms with Crippen molar-refractivity contribution >= 4 is 5.91 Å². The van der Waals surface area contributed by atoms with Crippen LogP contribution in [-0.2, 0) is 7.05 Å². The van der Waals surface area contributed by atoms with Crippen molar-refractivity contribution in [3.05, 3.63) is 29.1 Å². The lowest BCUT2D eigenvalue weighted by atomic mass is 9.62. The molecule has 1 N–H and O–H groups in total. The van der Waals surface area contributed by atoms with E-state index in [1.54, 1.807) is 4.68 Å². The van der Waals surface area contributed by atoms with Crippen LogP contribution in [0.3, 0.4) is 0 Å². The molecule has 0 bridgehead atoms. The van der Waals surface area contributed by atoms with Crippen molar-refractivity contribution in [1.82, 2.24) is 29.9 Å². The van der Waals surface area contributed by atoms with Crippen molar-refractivity contribution in [2.24, 2.45) is 12.5 Å². The zero-order chi connectivity index (χ0) is 16.2. The smallest absolute Gasteiger partial charge is 0.274 e. The summed E-state index contributed by atoms with van der Waals surface area (Å²) in [6, 6.07) is 1.86. The minimum absolute atomic E-state index is 0.0229. The van der Waals surface area contributed by atoms with E-state index in [9.17, 15) is 4.79 Å². The van der Waals surface area contributed by atoms with Gasteiger partial charge in [0, 0.05) is 31.7 Å². The average Bonchev–Trinajstić information content (AvgIpc) is 3.15. The fraction of sp³-hybridized carbons (Fsp3) is 0.625. The number of aryl methyl sites for hydroxylation is 3. The Morgan fingerprint density at radius 3 is 2.70 bits per heavy atom. The molecule has 122 valence electrons. The van der Waals surface area contributed by atoms with Gasteiger partial charge < -0.3 is 4.90 Å². The Balaban J connectivity index is 1.61. The standard InChI is InChI=1S/C16H22N6O/c1-10-7-13(20-21(10)3)15(23)22-8-12(14-17-11(2)18-19-14)16(9-22)5-4-6-16/h7,12H,4-6,8-9H2,1-3H3,(H,17,18,19). The maximum absolute atomic E-state index is 12.8. The van der Waals surface area contributed by atoms with Crippen molar-refractivity contribution in [1.29, 1.82) is 0 Å². The average molecular weight is 314 g/mol. The number of hydrogen-bond donors (Lipinski definition) is 1. The van der Waals surface area contributed by atoms with Gasteiger partial charge in [-0.2, -0.15) is 10.2 Å². The highest BCUT2D eigenvalue weighted by Gasteiger charge is 2.53. The van der Waals surface area contributed by atoms with E-state index in [4.69, 9.17) is 0 Å². The fourth-order valence-corrected chi connectivity index (χ4v) is 3.96. The van der Waals surface area contributed by atoms with Crippen LogP contribution in [0.25, 0.3) is 0 Å². The normalized spacial score (nSPS) is 22.6. The Bertz CT molecular complexity index is 737. The van der Waals surface area contributed by atoms with Crippen LogP contribution in [0.4, 0.5) is 0 Å². The van der Waals surface area contributed by atoms with Gasteiger partial charge in [0.1, 0.15) is 5.82 Å². The van der Waals surface area contributed by atoms with Gasteiger partial charge in [-0.3, -0.25) is 14.6 Å². The molecule has 2 aromatic heterocycles. The molecular formula is C16H22N6O. The molecule has 7 heteroatoms. The SMILES string of the molecule is Cc1nc(C2CN(C(=O)c3cc(C)n(C)n3)CC23CCC3)n[nH]1. The molecule has 3 heterocycles. The second-order valence-corrected chi connectivity index (χ2v) is 7.03. The summed E-state index contributed by atoms with van der Waals surface area (Å²) in [6.45, 7) is 5.35. The molecule has 4 rings (SSSR count). The third-order valence-electron chi connectivity index (χ3n) is 5.54. The Morgan fingerprint density at radius 1 is 1.39 bits per heavy atom. The fourth-order valence-electron chi connectivity index (χ4n) is 3.96. The lowest BCUT2D eigenvalue weighted by Gasteiger charge is -2.41. The van der Waals surface area contributed by atoms with Crippen molar-refractivity contribution < 1.29 is 4.79 Å². The quantitative estimate of drug-likeness (QED) is 0.912. The number of hydrogen-bond acceptors (Lipinski definition) is 4.